The molecule has 0 radical (unpaired) electrons. The van der Waals surface area contributed by atoms with E-state index in [1.165, 1.54) is 19.2 Å². The topological polar surface area (TPSA) is 78.2 Å². The molecule has 0 saturated carbocycles. The molecule has 1 fully saturated rings. The molecule has 2 heterocycles. The fourth-order valence-corrected chi connectivity index (χ4v) is 3.29. The van der Waals surface area contributed by atoms with Crippen LogP contribution in [0.3, 0.4) is 0 Å². The standard InChI is InChI=1S/C14H24IN5O/c15-12-13(17-11-18-14(12)21)20-8-4-7-19(9-10-20)6-3-1-2-5-16/h11H,1-10,16H2,(H,17,18,21). The number of hydrogen-bond acceptors (Lipinski definition) is 5. The van der Waals surface area contributed by atoms with Crippen LogP contribution in [-0.2, 0) is 0 Å². The predicted molar refractivity (Wildman–Crippen MR) is 93.8 cm³/mol. The van der Waals surface area contributed by atoms with Gasteiger partial charge in [0, 0.05) is 19.6 Å². The summed E-state index contributed by atoms with van der Waals surface area (Å²) in [7, 11) is 0. The van der Waals surface area contributed by atoms with Gasteiger partial charge in [-0.25, -0.2) is 4.98 Å². The van der Waals surface area contributed by atoms with Crippen LogP contribution >= 0.6 is 22.6 Å². The summed E-state index contributed by atoms with van der Waals surface area (Å²) in [5, 5.41) is 0. The van der Waals surface area contributed by atoms with Gasteiger partial charge in [0.05, 0.1) is 6.33 Å². The number of hydrogen-bond donors (Lipinski definition) is 2. The molecule has 0 atom stereocenters. The highest BCUT2D eigenvalue weighted by molar-refractivity contribution is 14.1. The SMILES string of the molecule is NCCCCCN1CCCN(c2nc[nH]c(=O)c2I)CC1. The highest BCUT2D eigenvalue weighted by atomic mass is 127. The van der Waals surface area contributed by atoms with E-state index < -0.39 is 0 Å². The molecule has 1 saturated heterocycles. The zero-order valence-electron chi connectivity index (χ0n) is 12.4. The summed E-state index contributed by atoms with van der Waals surface area (Å²) in [5.41, 5.74) is 5.47. The molecule has 2 rings (SSSR count). The first kappa shape index (κ1) is 16.7. The summed E-state index contributed by atoms with van der Waals surface area (Å²) < 4.78 is 0.687. The van der Waals surface area contributed by atoms with Crippen molar-refractivity contribution in [3.05, 3.63) is 20.3 Å². The monoisotopic (exact) mass is 405 g/mol. The molecule has 118 valence electrons. The Balaban J connectivity index is 1.88. The van der Waals surface area contributed by atoms with Crippen LogP contribution in [0.2, 0.25) is 0 Å². The van der Waals surface area contributed by atoms with E-state index in [1.807, 2.05) is 0 Å². The number of nitrogens with zero attached hydrogens (tertiary/aromatic N) is 3. The molecular weight excluding hydrogens is 381 g/mol. The highest BCUT2D eigenvalue weighted by Crippen LogP contribution is 2.17. The fraction of sp³-hybridized carbons (Fsp3) is 0.714. The first-order chi connectivity index (χ1) is 10.2. The third-order valence-corrected chi connectivity index (χ3v) is 4.82. The number of nitrogens with one attached hydrogen (secondary N) is 1. The van der Waals surface area contributed by atoms with Crippen molar-refractivity contribution in [3.63, 3.8) is 0 Å². The van der Waals surface area contributed by atoms with Gasteiger partial charge in [-0.3, -0.25) is 4.79 Å². The molecular formula is C14H24IN5O. The minimum Gasteiger partial charge on any atom is -0.354 e. The first-order valence-corrected chi connectivity index (χ1v) is 8.71. The molecule has 6 nitrogen and oxygen atoms in total. The van der Waals surface area contributed by atoms with Crippen LogP contribution in [0.15, 0.2) is 11.1 Å². The molecule has 0 spiro atoms. The largest absolute Gasteiger partial charge is 0.354 e. The van der Waals surface area contributed by atoms with Crippen molar-refractivity contribution in [1.82, 2.24) is 14.9 Å². The van der Waals surface area contributed by atoms with Gasteiger partial charge in [-0.1, -0.05) is 6.42 Å². The Kier molecular flexibility index (Phi) is 6.91. The van der Waals surface area contributed by atoms with Crippen LogP contribution in [0.1, 0.15) is 25.7 Å². The van der Waals surface area contributed by atoms with Crippen LogP contribution in [0.4, 0.5) is 5.82 Å². The quantitative estimate of drug-likeness (QED) is 0.546. The average molecular weight is 405 g/mol. The normalized spacial score (nSPS) is 17.0. The summed E-state index contributed by atoms with van der Waals surface area (Å²) in [6, 6.07) is 0. The van der Waals surface area contributed by atoms with Gasteiger partial charge in [0.1, 0.15) is 9.39 Å². The molecule has 1 aromatic rings. The summed E-state index contributed by atoms with van der Waals surface area (Å²) in [4.78, 5) is 23.4. The Morgan fingerprint density at radius 3 is 2.90 bits per heavy atom. The maximum atomic E-state index is 11.7. The Morgan fingerprint density at radius 1 is 1.24 bits per heavy atom. The van der Waals surface area contributed by atoms with Gasteiger partial charge >= 0.3 is 0 Å². The molecule has 7 heteroatoms. The second-order valence-corrected chi connectivity index (χ2v) is 6.48. The lowest BCUT2D eigenvalue weighted by Crippen LogP contribution is -2.33. The molecule has 1 aromatic heterocycles. The number of H-pyrrole nitrogens is 1. The molecule has 21 heavy (non-hydrogen) atoms. The third kappa shape index (κ3) is 4.93. The molecule has 0 aromatic carbocycles. The number of aromatic amines is 1. The van der Waals surface area contributed by atoms with Gasteiger partial charge in [-0.2, -0.15) is 0 Å². The molecule has 0 aliphatic carbocycles. The van der Waals surface area contributed by atoms with Gasteiger partial charge in [0.2, 0.25) is 0 Å². The molecule has 0 bridgehead atoms. The van der Waals surface area contributed by atoms with E-state index in [-0.39, 0.29) is 5.56 Å². The lowest BCUT2D eigenvalue weighted by atomic mass is 10.2. The highest BCUT2D eigenvalue weighted by Gasteiger charge is 2.18. The van der Waals surface area contributed by atoms with Crippen molar-refractivity contribution >= 4 is 28.4 Å². The van der Waals surface area contributed by atoms with Gasteiger partial charge in [-0.05, 0) is 61.5 Å². The van der Waals surface area contributed by atoms with E-state index in [9.17, 15) is 4.79 Å². The van der Waals surface area contributed by atoms with E-state index in [4.69, 9.17) is 5.73 Å². The number of rotatable bonds is 6. The summed E-state index contributed by atoms with van der Waals surface area (Å²) in [6.45, 7) is 6.00. The molecule has 1 aliphatic heterocycles. The zero-order chi connectivity index (χ0) is 15.1. The van der Waals surface area contributed by atoms with E-state index in [0.29, 0.717) is 3.57 Å². The van der Waals surface area contributed by atoms with Crippen LogP contribution in [0.25, 0.3) is 0 Å². The number of halogens is 1. The molecule has 0 amide bonds. The van der Waals surface area contributed by atoms with Crippen molar-refractivity contribution in [3.8, 4) is 0 Å². The van der Waals surface area contributed by atoms with Crippen LogP contribution in [0, 0.1) is 3.57 Å². The van der Waals surface area contributed by atoms with Crippen molar-refractivity contribution in [2.75, 3.05) is 44.2 Å². The van der Waals surface area contributed by atoms with Gasteiger partial charge in [-0.15, -0.1) is 0 Å². The lowest BCUT2D eigenvalue weighted by Gasteiger charge is -2.23. The van der Waals surface area contributed by atoms with Crippen molar-refractivity contribution in [2.45, 2.75) is 25.7 Å². The van der Waals surface area contributed by atoms with E-state index in [1.54, 1.807) is 0 Å². The second-order valence-electron chi connectivity index (χ2n) is 5.40. The first-order valence-electron chi connectivity index (χ1n) is 7.63. The van der Waals surface area contributed by atoms with Gasteiger partial charge in [0.15, 0.2) is 0 Å². The van der Waals surface area contributed by atoms with Crippen LogP contribution < -0.4 is 16.2 Å². The van der Waals surface area contributed by atoms with E-state index >= 15 is 0 Å². The van der Waals surface area contributed by atoms with Crippen LogP contribution in [0.5, 0.6) is 0 Å². The average Bonchev–Trinajstić information content (AvgIpc) is 2.72. The zero-order valence-corrected chi connectivity index (χ0v) is 14.5. The van der Waals surface area contributed by atoms with Crippen molar-refractivity contribution in [1.29, 1.82) is 0 Å². The van der Waals surface area contributed by atoms with E-state index in [2.05, 4.69) is 42.4 Å². The number of nitrogens with two attached hydrogens (primary N) is 1. The third-order valence-electron chi connectivity index (χ3n) is 3.84. The fourth-order valence-electron chi connectivity index (χ4n) is 2.66. The molecule has 3 N–H and O–H groups in total. The van der Waals surface area contributed by atoms with Crippen molar-refractivity contribution < 1.29 is 0 Å². The smallest absolute Gasteiger partial charge is 0.266 e. The molecule has 0 unspecified atom stereocenters. The lowest BCUT2D eigenvalue weighted by molar-refractivity contribution is 0.286. The summed E-state index contributed by atoms with van der Waals surface area (Å²) in [6.07, 6.45) is 6.16. The maximum absolute atomic E-state index is 11.7. The van der Waals surface area contributed by atoms with Gasteiger partial charge < -0.3 is 20.5 Å². The van der Waals surface area contributed by atoms with Crippen LogP contribution in [-0.4, -0.2) is 54.1 Å². The number of unbranched alkanes of at least 4 members (excludes halogenated alkanes) is 2. The van der Waals surface area contributed by atoms with Crippen molar-refractivity contribution in [2.24, 2.45) is 5.73 Å². The van der Waals surface area contributed by atoms with Gasteiger partial charge in [0.25, 0.3) is 5.56 Å². The Labute approximate surface area is 139 Å². The second kappa shape index (κ2) is 8.70. The minimum absolute atomic E-state index is 0.0523. The summed E-state index contributed by atoms with van der Waals surface area (Å²) >= 11 is 2.08. The molecule has 1 aliphatic rings. The number of aromatic nitrogens is 2. The number of anilines is 1. The predicted octanol–water partition coefficient (Wildman–Crippen LogP) is 1.02. The Bertz CT molecular complexity index is 492. The Morgan fingerprint density at radius 2 is 2.10 bits per heavy atom. The summed E-state index contributed by atoms with van der Waals surface area (Å²) in [5.74, 6) is 0.823. The Hall–Kier alpha value is -0.670. The maximum Gasteiger partial charge on any atom is 0.266 e. The van der Waals surface area contributed by atoms with E-state index in [0.717, 1.165) is 57.9 Å². The minimum atomic E-state index is -0.0523.